The van der Waals surface area contributed by atoms with E-state index in [-0.39, 0.29) is 11.5 Å². The van der Waals surface area contributed by atoms with Gasteiger partial charge in [0.15, 0.2) is 0 Å². The first kappa shape index (κ1) is 15.7. The Morgan fingerprint density at radius 2 is 1.94 bits per heavy atom. The van der Waals surface area contributed by atoms with Crippen molar-refractivity contribution >= 4 is 5.91 Å². The Hall–Kier alpha value is -1.26. The van der Waals surface area contributed by atoms with Crippen LogP contribution in [-0.2, 0) is 9.53 Å². The number of hydrogen-bond donors (Lipinski definition) is 1. The van der Waals surface area contributed by atoms with Gasteiger partial charge in [0.05, 0.1) is 5.60 Å². The number of ether oxygens (including phenoxy) is 1. The lowest BCUT2D eigenvalue weighted by Gasteiger charge is -2.27. The van der Waals surface area contributed by atoms with Gasteiger partial charge in [-0.3, -0.25) is 4.79 Å². The monoisotopic (exact) mass is 242 g/mol. The Bertz CT molecular complexity index is 307. The zero-order valence-electron chi connectivity index (χ0n) is 11.1. The fourth-order valence-electron chi connectivity index (χ4n) is 1.14. The smallest absolute Gasteiger partial charge is 0.223 e. The van der Waals surface area contributed by atoms with E-state index in [0.29, 0.717) is 26.0 Å². The molecular formula is C11H22N4O2. The largest absolute Gasteiger partial charge is 0.376 e. The van der Waals surface area contributed by atoms with Crippen molar-refractivity contribution in [2.75, 3.05) is 13.2 Å². The lowest BCUT2D eigenvalue weighted by molar-refractivity contribution is -0.128. The van der Waals surface area contributed by atoms with Gasteiger partial charge in [-0.15, -0.1) is 0 Å². The highest BCUT2D eigenvalue weighted by Crippen LogP contribution is 2.22. The van der Waals surface area contributed by atoms with Crippen LogP contribution in [0.3, 0.4) is 0 Å². The average Bonchev–Trinajstić information content (AvgIpc) is 2.16. The molecule has 0 radical (unpaired) electrons. The van der Waals surface area contributed by atoms with Gasteiger partial charge in [-0.25, -0.2) is 0 Å². The summed E-state index contributed by atoms with van der Waals surface area (Å²) in [5, 5.41) is 3.47. The summed E-state index contributed by atoms with van der Waals surface area (Å²) in [6, 6.07) is 0. The first-order chi connectivity index (χ1) is 7.71. The summed E-state index contributed by atoms with van der Waals surface area (Å²) in [4.78, 5) is 13.8. The molecule has 0 aromatic heterocycles. The highest BCUT2D eigenvalue weighted by molar-refractivity contribution is 5.79. The van der Waals surface area contributed by atoms with Crippen molar-refractivity contribution in [3.63, 3.8) is 0 Å². The third kappa shape index (κ3) is 6.81. The molecule has 2 N–H and O–H groups in total. The SMILES string of the molecule is CC(C)(CCN=[N+]=[N-])OCCC(C)(C)C(N)=O. The van der Waals surface area contributed by atoms with Gasteiger partial charge in [0.25, 0.3) is 0 Å². The molecule has 0 saturated heterocycles. The second-order valence-corrected chi connectivity index (χ2v) is 5.31. The number of hydrogen-bond acceptors (Lipinski definition) is 3. The van der Waals surface area contributed by atoms with Gasteiger partial charge in [0.1, 0.15) is 0 Å². The number of azide groups is 1. The van der Waals surface area contributed by atoms with Gasteiger partial charge in [-0.1, -0.05) is 19.0 Å². The quantitative estimate of drug-likeness (QED) is 0.401. The third-order valence-electron chi connectivity index (χ3n) is 2.76. The minimum absolute atomic E-state index is 0.326. The second kappa shape index (κ2) is 6.47. The molecule has 6 nitrogen and oxygen atoms in total. The van der Waals surface area contributed by atoms with Crippen molar-refractivity contribution in [3.8, 4) is 0 Å². The van der Waals surface area contributed by atoms with Crippen LogP contribution in [0.15, 0.2) is 5.11 Å². The van der Waals surface area contributed by atoms with Crippen LogP contribution < -0.4 is 5.73 Å². The van der Waals surface area contributed by atoms with Crippen molar-refractivity contribution in [3.05, 3.63) is 10.4 Å². The zero-order chi connectivity index (χ0) is 13.5. The van der Waals surface area contributed by atoms with Crippen LogP contribution in [0.25, 0.3) is 10.4 Å². The number of primary amides is 1. The topological polar surface area (TPSA) is 101 Å². The molecule has 0 aromatic rings. The Balaban J connectivity index is 4.02. The van der Waals surface area contributed by atoms with E-state index in [2.05, 4.69) is 10.0 Å². The number of carbonyl (C=O) groups is 1. The van der Waals surface area contributed by atoms with Gasteiger partial charge < -0.3 is 10.5 Å². The third-order valence-corrected chi connectivity index (χ3v) is 2.76. The molecule has 0 fully saturated rings. The highest BCUT2D eigenvalue weighted by Gasteiger charge is 2.26. The van der Waals surface area contributed by atoms with E-state index >= 15 is 0 Å². The molecule has 0 aliphatic heterocycles. The van der Waals surface area contributed by atoms with Gasteiger partial charge in [0.2, 0.25) is 5.91 Å². The number of nitrogens with two attached hydrogens (primary N) is 1. The van der Waals surface area contributed by atoms with E-state index < -0.39 is 5.41 Å². The maximum Gasteiger partial charge on any atom is 0.223 e. The summed E-state index contributed by atoms with van der Waals surface area (Å²) < 4.78 is 5.67. The minimum Gasteiger partial charge on any atom is -0.376 e. The Morgan fingerprint density at radius 3 is 2.41 bits per heavy atom. The maximum absolute atomic E-state index is 11.1. The van der Waals surface area contributed by atoms with Crippen molar-refractivity contribution in [1.29, 1.82) is 0 Å². The molecule has 0 aliphatic carbocycles. The fourth-order valence-corrected chi connectivity index (χ4v) is 1.14. The Labute approximate surface area is 102 Å². The van der Waals surface area contributed by atoms with Gasteiger partial charge in [0, 0.05) is 23.5 Å². The predicted molar refractivity (Wildman–Crippen MR) is 66.3 cm³/mol. The molecule has 6 heteroatoms. The van der Waals surface area contributed by atoms with Crippen molar-refractivity contribution in [2.45, 2.75) is 46.1 Å². The summed E-state index contributed by atoms with van der Waals surface area (Å²) in [7, 11) is 0. The highest BCUT2D eigenvalue weighted by atomic mass is 16.5. The van der Waals surface area contributed by atoms with Crippen LogP contribution in [0.1, 0.15) is 40.5 Å². The molecule has 0 aromatic carbocycles. The number of rotatable bonds is 8. The van der Waals surface area contributed by atoms with Crippen LogP contribution in [0.4, 0.5) is 0 Å². The lowest BCUT2D eigenvalue weighted by Crippen LogP contribution is -2.34. The number of carbonyl (C=O) groups excluding carboxylic acids is 1. The van der Waals surface area contributed by atoms with Crippen LogP contribution in [0.5, 0.6) is 0 Å². The summed E-state index contributed by atoms with van der Waals surface area (Å²) >= 11 is 0. The average molecular weight is 242 g/mol. The van der Waals surface area contributed by atoms with Gasteiger partial charge in [-0.05, 0) is 32.2 Å². The van der Waals surface area contributed by atoms with Gasteiger partial charge >= 0.3 is 0 Å². The maximum atomic E-state index is 11.1. The predicted octanol–water partition coefficient (Wildman–Crippen LogP) is 2.38. The van der Waals surface area contributed by atoms with Crippen LogP contribution in [0.2, 0.25) is 0 Å². The molecule has 0 unspecified atom stereocenters. The first-order valence-corrected chi connectivity index (χ1v) is 5.66. The molecular weight excluding hydrogens is 220 g/mol. The summed E-state index contributed by atoms with van der Waals surface area (Å²) in [6.45, 7) is 8.31. The van der Waals surface area contributed by atoms with Crippen molar-refractivity contribution < 1.29 is 9.53 Å². The Kier molecular flexibility index (Phi) is 5.99. The molecule has 17 heavy (non-hydrogen) atoms. The number of amides is 1. The summed E-state index contributed by atoms with van der Waals surface area (Å²) in [5.41, 5.74) is 12.5. The van der Waals surface area contributed by atoms with Crippen molar-refractivity contribution in [2.24, 2.45) is 16.3 Å². The lowest BCUT2D eigenvalue weighted by atomic mass is 9.89. The molecule has 0 spiro atoms. The first-order valence-electron chi connectivity index (χ1n) is 5.66. The normalized spacial score (nSPS) is 12.0. The zero-order valence-corrected chi connectivity index (χ0v) is 11.1. The summed E-state index contributed by atoms with van der Waals surface area (Å²) in [5.74, 6) is -0.326. The molecule has 0 bridgehead atoms. The van der Waals surface area contributed by atoms with E-state index in [1.165, 1.54) is 0 Å². The molecule has 0 aliphatic rings. The van der Waals surface area contributed by atoms with Gasteiger partial charge in [-0.2, -0.15) is 0 Å². The van der Waals surface area contributed by atoms with Crippen LogP contribution in [0, 0.1) is 5.41 Å². The van der Waals surface area contributed by atoms with Crippen molar-refractivity contribution in [1.82, 2.24) is 0 Å². The number of nitrogens with zero attached hydrogens (tertiary/aromatic N) is 3. The second-order valence-electron chi connectivity index (χ2n) is 5.31. The molecule has 0 rings (SSSR count). The Morgan fingerprint density at radius 1 is 1.35 bits per heavy atom. The molecule has 0 atom stereocenters. The standard InChI is InChI=1S/C11H22N4O2/c1-10(2,9(12)16)6-8-17-11(3,4)5-7-14-15-13/h5-8H2,1-4H3,(H2,12,16). The van der Waals surface area contributed by atoms with Crippen LogP contribution in [-0.4, -0.2) is 24.7 Å². The van der Waals surface area contributed by atoms with E-state index in [1.54, 1.807) is 13.8 Å². The molecule has 0 heterocycles. The van der Waals surface area contributed by atoms with E-state index in [4.69, 9.17) is 16.0 Å². The van der Waals surface area contributed by atoms with E-state index in [9.17, 15) is 4.79 Å². The van der Waals surface area contributed by atoms with E-state index in [0.717, 1.165) is 0 Å². The molecule has 98 valence electrons. The van der Waals surface area contributed by atoms with E-state index in [1.807, 2.05) is 13.8 Å². The minimum atomic E-state index is -0.555. The molecule has 0 saturated carbocycles. The molecule has 1 amide bonds. The fraction of sp³-hybridized carbons (Fsp3) is 0.909. The summed E-state index contributed by atoms with van der Waals surface area (Å²) in [6.07, 6.45) is 1.22. The van der Waals surface area contributed by atoms with Crippen LogP contribution >= 0.6 is 0 Å².